The van der Waals surface area contributed by atoms with Gasteiger partial charge in [0.2, 0.25) is 0 Å². The zero-order valence-electron chi connectivity index (χ0n) is 15.4. The fraction of sp³-hybridized carbons (Fsp3) is 0.478. The summed E-state index contributed by atoms with van der Waals surface area (Å²) in [4.78, 5) is 2.77. The fourth-order valence-electron chi connectivity index (χ4n) is 4.81. The van der Waals surface area contributed by atoms with E-state index < -0.39 is 0 Å². The molecule has 0 amide bonds. The van der Waals surface area contributed by atoms with Gasteiger partial charge < -0.3 is 5.32 Å². The van der Waals surface area contributed by atoms with Gasteiger partial charge in [-0.05, 0) is 49.3 Å². The summed E-state index contributed by atoms with van der Waals surface area (Å²) in [5.41, 5.74) is 2.61. The molecular formula is C23H29ClN2. The van der Waals surface area contributed by atoms with Crippen LogP contribution in [0.1, 0.15) is 50.0 Å². The quantitative estimate of drug-likeness (QED) is 0.718. The summed E-state index contributed by atoms with van der Waals surface area (Å²) in [6.45, 7) is 2.38. The maximum Gasteiger partial charge on any atom is 0.0637 e. The fourth-order valence-corrected chi connectivity index (χ4v) is 5.00. The summed E-state index contributed by atoms with van der Waals surface area (Å²) in [5, 5.41) is 4.48. The van der Waals surface area contributed by atoms with Gasteiger partial charge in [0.25, 0.3) is 0 Å². The topological polar surface area (TPSA) is 15.3 Å². The first-order valence-corrected chi connectivity index (χ1v) is 10.5. The van der Waals surface area contributed by atoms with E-state index in [1.807, 2.05) is 12.1 Å². The zero-order valence-corrected chi connectivity index (χ0v) is 16.2. The third-order valence-electron chi connectivity index (χ3n) is 6.19. The van der Waals surface area contributed by atoms with Crippen molar-refractivity contribution in [1.82, 2.24) is 4.90 Å². The summed E-state index contributed by atoms with van der Waals surface area (Å²) in [7, 11) is 0. The van der Waals surface area contributed by atoms with Crippen LogP contribution in [0, 0.1) is 0 Å². The summed E-state index contributed by atoms with van der Waals surface area (Å²) in [6.07, 6.45) is 7.84. The predicted octanol–water partition coefficient (Wildman–Crippen LogP) is 5.94. The Kier molecular flexibility index (Phi) is 5.81. The number of likely N-dealkylation sites (tertiary alicyclic amines) is 1. The molecule has 2 aliphatic rings. The van der Waals surface area contributed by atoms with Crippen LogP contribution in [0.25, 0.3) is 0 Å². The van der Waals surface area contributed by atoms with Crippen LogP contribution in [-0.2, 0) is 0 Å². The van der Waals surface area contributed by atoms with Crippen LogP contribution in [0.4, 0.5) is 5.69 Å². The largest absolute Gasteiger partial charge is 0.381 e. The Bertz CT molecular complexity index is 694. The minimum absolute atomic E-state index is 0.532. The summed E-state index contributed by atoms with van der Waals surface area (Å²) >= 11 is 6.31. The smallest absolute Gasteiger partial charge is 0.0637 e. The second kappa shape index (κ2) is 8.45. The number of para-hydroxylation sites is 1. The van der Waals surface area contributed by atoms with Gasteiger partial charge in [0.15, 0.2) is 0 Å². The van der Waals surface area contributed by atoms with Crippen molar-refractivity contribution in [3.05, 3.63) is 65.2 Å². The van der Waals surface area contributed by atoms with Crippen molar-refractivity contribution in [1.29, 1.82) is 0 Å². The maximum absolute atomic E-state index is 6.31. The number of hydrogen-bond acceptors (Lipinski definition) is 2. The molecule has 1 saturated heterocycles. The Labute approximate surface area is 162 Å². The third kappa shape index (κ3) is 4.07. The number of halogens is 1. The molecule has 1 N–H and O–H groups in total. The van der Waals surface area contributed by atoms with E-state index >= 15 is 0 Å². The minimum atomic E-state index is 0.532. The molecule has 1 aliphatic carbocycles. The molecule has 2 fully saturated rings. The van der Waals surface area contributed by atoms with Crippen molar-refractivity contribution in [2.75, 3.05) is 18.4 Å². The lowest BCUT2D eigenvalue weighted by Crippen LogP contribution is -2.47. The lowest BCUT2D eigenvalue weighted by atomic mass is 9.78. The highest BCUT2D eigenvalue weighted by Gasteiger charge is 2.33. The van der Waals surface area contributed by atoms with Crippen molar-refractivity contribution in [3.63, 3.8) is 0 Å². The number of benzene rings is 2. The van der Waals surface area contributed by atoms with E-state index in [0.29, 0.717) is 18.0 Å². The molecule has 1 aliphatic heterocycles. The van der Waals surface area contributed by atoms with Gasteiger partial charge in [-0.2, -0.15) is 0 Å². The molecule has 26 heavy (non-hydrogen) atoms. The number of piperidine rings is 1. The van der Waals surface area contributed by atoms with Crippen LogP contribution >= 0.6 is 11.6 Å². The van der Waals surface area contributed by atoms with E-state index in [0.717, 1.165) is 10.7 Å². The average molecular weight is 369 g/mol. The van der Waals surface area contributed by atoms with Crippen molar-refractivity contribution in [2.24, 2.45) is 0 Å². The average Bonchev–Trinajstić information content (AvgIpc) is 2.71. The van der Waals surface area contributed by atoms with Crippen LogP contribution in [0.5, 0.6) is 0 Å². The lowest BCUT2D eigenvalue weighted by molar-refractivity contribution is 0.109. The van der Waals surface area contributed by atoms with E-state index in [1.54, 1.807) is 0 Å². The van der Waals surface area contributed by atoms with E-state index in [-0.39, 0.29) is 0 Å². The van der Waals surface area contributed by atoms with E-state index in [9.17, 15) is 0 Å². The highest BCUT2D eigenvalue weighted by molar-refractivity contribution is 6.33. The van der Waals surface area contributed by atoms with Gasteiger partial charge in [-0.25, -0.2) is 0 Å². The maximum atomic E-state index is 6.31. The zero-order chi connectivity index (χ0) is 17.8. The molecule has 4 rings (SSSR count). The molecule has 2 aromatic carbocycles. The standard InChI is InChI=1S/C23H29ClN2/c24-21-11-5-6-12-22(21)25-19-14-16-26(17-15-19)23-13-7-4-10-20(23)18-8-2-1-3-9-18/h1-3,5-6,8-9,11-12,19-20,23,25H,4,7,10,13-17H2/t20-,23-/m1/s1. The molecular weight excluding hydrogens is 340 g/mol. The van der Waals surface area contributed by atoms with E-state index in [2.05, 4.69) is 52.7 Å². The number of nitrogens with zero attached hydrogens (tertiary/aromatic N) is 1. The number of rotatable bonds is 4. The summed E-state index contributed by atoms with van der Waals surface area (Å²) < 4.78 is 0. The van der Waals surface area contributed by atoms with Gasteiger partial charge in [0.05, 0.1) is 10.7 Å². The van der Waals surface area contributed by atoms with Crippen LogP contribution in [0.2, 0.25) is 5.02 Å². The number of nitrogens with one attached hydrogen (secondary N) is 1. The van der Waals surface area contributed by atoms with E-state index in [1.165, 1.54) is 57.2 Å². The molecule has 138 valence electrons. The van der Waals surface area contributed by atoms with Crippen molar-refractivity contribution in [3.8, 4) is 0 Å². The first-order valence-electron chi connectivity index (χ1n) is 10.1. The molecule has 2 nitrogen and oxygen atoms in total. The normalized spacial score (nSPS) is 25.1. The van der Waals surface area contributed by atoms with Crippen LogP contribution < -0.4 is 5.32 Å². The Hall–Kier alpha value is -1.51. The van der Waals surface area contributed by atoms with Crippen molar-refractivity contribution >= 4 is 17.3 Å². The van der Waals surface area contributed by atoms with Gasteiger partial charge in [-0.3, -0.25) is 4.90 Å². The molecule has 1 heterocycles. The highest BCUT2D eigenvalue weighted by Crippen LogP contribution is 2.37. The minimum Gasteiger partial charge on any atom is -0.381 e. The molecule has 2 aromatic rings. The molecule has 0 radical (unpaired) electrons. The number of anilines is 1. The Morgan fingerprint density at radius 1 is 0.808 bits per heavy atom. The summed E-state index contributed by atoms with van der Waals surface area (Å²) in [5.74, 6) is 0.707. The molecule has 2 atom stereocenters. The van der Waals surface area contributed by atoms with Crippen molar-refractivity contribution < 1.29 is 0 Å². The van der Waals surface area contributed by atoms with Crippen LogP contribution in [0.15, 0.2) is 54.6 Å². The predicted molar refractivity (Wildman–Crippen MR) is 111 cm³/mol. The van der Waals surface area contributed by atoms with E-state index in [4.69, 9.17) is 11.6 Å². The van der Waals surface area contributed by atoms with Crippen molar-refractivity contribution in [2.45, 2.75) is 56.5 Å². The Morgan fingerprint density at radius 3 is 2.27 bits per heavy atom. The molecule has 0 aromatic heterocycles. The molecule has 3 heteroatoms. The Balaban J connectivity index is 1.38. The van der Waals surface area contributed by atoms with Gasteiger partial charge in [0, 0.05) is 25.2 Å². The number of hydrogen-bond donors (Lipinski definition) is 1. The molecule has 0 spiro atoms. The van der Waals surface area contributed by atoms with Gasteiger partial charge in [0.1, 0.15) is 0 Å². The van der Waals surface area contributed by atoms with Gasteiger partial charge in [-0.1, -0.05) is 66.9 Å². The molecule has 1 saturated carbocycles. The lowest BCUT2D eigenvalue weighted by Gasteiger charge is -2.44. The molecule has 0 bridgehead atoms. The second-order valence-corrected chi connectivity index (χ2v) is 8.21. The van der Waals surface area contributed by atoms with Crippen LogP contribution in [-0.4, -0.2) is 30.1 Å². The van der Waals surface area contributed by atoms with Gasteiger partial charge >= 0.3 is 0 Å². The SMILES string of the molecule is Clc1ccccc1NC1CCN([C@@H]2CCCC[C@@H]2c2ccccc2)CC1. The Morgan fingerprint density at radius 2 is 1.50 bits per heavy atom. The summed E-state index contributed by atoms with van der Waals surface area (Å²) in [6, 6.07) is 20.5. The second-order valence-electron chi connectivity index (χ2n) is 7.80. The molecule has 0 unspecified atom stereocenters. The first kappa shape index (κ1) is 17.9. The monoisotopic (exact) mass is 368 g/mol. The highest BCUT2D eigenvalue weighted by atomic mass is 35.5. The third-order valence-corrected chi connectivity index (χ3v) is 6.52. The first-order chi connectivity index (χ1) is 12.8. The van der Waals surface area contributed by atoms with Crippen LogP contribution in [0.3, 0.4) is 0 Å². The van der Waals surface area contributed by atoms with Gasteiger partial charge in [-0.15, -0.1) is 0 Å².